The van der Waals surface area contributed by atoms with Crippen molar-refractivity contribution in [2.75, 3.05) is 5.32 Å². The fourth-order valence-corrected chi connectivity index (χ4v) is 2.31. The van der Waals surface area contributed by atoms with Crippen LogP contribution in [0.1, 0.15) is 35.7 Å². The Morgan fingerprint density at radius 1 is 1.08 bits per heavy atom. The third kappa shape index (κ3) is 4.50. The Morgan fingerprint density at radius 3 is 2.52 bits per heavy atom. The van der Waals surface area contributed by atoms with Gasteiger partial charge in [0.1, 0.15) is 5.82 Å². The summed E-state index contributed by atoms with van der Waals surface area (Å²) < 4.78 is 13.2. The lowest BCUT2D eigenvalue weighted by molar-refractivity contribution is -0.117. The standard InChI is InChI=1S/C19H18FN3O2/c1-12(22-23-19(25)15-5-2-6-16(20)10-15)14-4-3-7-17(11-14)21-18(24)13-8-9-13/h2-7,10-11,13H,8-9H2,1H3,(H,21,24)(H,23,25). The van der Waals surface area contributed by atoms with E-state index in [1.54, 1.807) is 13.0 Å². The zero-order chi connectivity index (χ0) is 17.8. The van der Waals surface area contributed by atoms with Crippen LogP contribution in [0.15, 0.2) is 53.6 Å². The number of rotatable bonds is 5. The summed E-state index contributed by atoms with van der Waals surface area (Å²) in [7, 11) is 0. The van der Waals surface area contributed by atoms with E-state index in [-0.39, 0.29) is 17.4 Å². The summed E-state index contributed by atoms with van der Waals surface area (Å²) in [5.74, 6) is -0.806. The summed E-state index contributed by atoms with van der Waals surface area (Å²) in [6.45, 7) is 1.74. The minimum absolute atomic E-state index is 0.0335. The molecule has 1 aliphatic rings. The number of carbonyl (C=O) groups is 2. The zero-order valence-electron chi connectivity index (χ0n) is 13.8. The largest absolute Gasteiger partial charge is 0.326 e. The molecule has 0 spiro atoms. The smallest absolute Gasteiger partial charge is 0.271 e. The second-order valence-corrected chi connectivity index (χ2v) is 5.99. The molecule has 3 rings (SSSR count). The molecule has 0 saturated heterocycles. The highest BCUT2D eigenvalue weighted by molar-refractivity contribution is 6.02. The molecule has 0 aliphatic heterocycles. The van der Waals surface area contributed by atoms with E-state index >= 15 is 0 Å². The topological polar surface area (TPSA) is 70.6 Å². The predicted molar refractivity (Wildman–Crippen MR) is 93.9 cm³/mol. The van der Waals surface area contributed by atoms with Crippen LogP contribution in [0, 0.1) is 11.7 Å². The minimum atomic E-state index is -0.489. The highest BCUT2D eigenvalue weighted by atomic mass is 19.1. The molecule has 5 nitrogen and oxygen atoms in total. The number of nitrogens with zero attached hydrogens (tertiary/aromatic N) is 1. The van der Waals surface area contributed by atoms with Crippen LogP contribution < -0.4 is 10.7 Å². The Morgan fingerprint density at radius 2 is 1.80 bits per heavy atom. The van der Waals surface area contributed by atoms with Crippen molar-refractivity contribution in [2.24, 2.45) is 11.0 Å². The first-order valence-electron chi connectivity index (χ1n) is 8.04. The van der Waals surface area contributed by atoms with Gasteiger partial charge in [0, 0.05) is 17.2 Å². The van der Waals surface area contributed by atoms with Gasteiger partial charge in [-0.05, 0) is 55.7 Å². The maximum absolute atomic E-state index is 13.2. The molecule has 6 heteroatoms. The average Bonchev–Trinajstić information content (AvgIpc) is 3.44. The highest BCUT2D eigenvalue weighted by Gasteiger charge is 2.29. The summed E-state index contributed by atoms with van der Waals surface area (Å²) >= 11 is 0. The van der Waals surface area contributed by atoms with Gasteiger partial charge < -0.3 is 5.32 Å². The highest BCUT2D eigenvalue weighted by Crippen LogP contribution is 2.30. The number of carbonyl (C=O) groups excluding carboxylic acids is 2. The molecule has 2 N–H and O–H groups in total. The second kappa shape index (κ2) is 7.25. The number of amides is 2. The van der Waals surface area contributed by atoms with Crippen LogP contribution in [-0.2, 0) is 4.79 Å². The van der Waals surface area contributed by atoms with E-state index in [0.29, 0.717) is 11.4 Å². The summed E-state index contributed by atoms with van der Waals surface area (Å²) in [6, 6.07) is 12.6. The van der Waals surface area contributed by atoms with Crippen LogP contribution in [0.3, 0.4) is 0 Å². The minimum Gasteiger partial charge on any atom is -0.326 e. The molecule has 2 aromatic carbocycles. The van der Waals surface area contributed by atoms with Crippen LogP contribution in [0.5, 0.6) is 0 Å². The first-order valence-corrected chi connectivity index (χ1v) is 8.04. The van der Waals surface area contributed by atoms with Gasteiger partial charge in [0.15, 0.2) is 0 Å². The van der Waals surface area contributed by atoms with Gasteiger partial charge in [-0.25, -0.2) is 9.82 Å². The lowest BCUT2D eigenvalue weighted by Gasteiger charge is -2.07. The van der Waals surface area contributed by atoms with Gasteiger partial charge in [-0.1, -0.05) is 18.2 Å². The Labute approximate surface area is 144 Å². The van der Waals surface area contributed by atoms with E-state index in [0.717, 1.165) is 24.5 Å². The molecule has 0 heterocycles. The summed E-state index contributed by atoms with van der Waals surface area (Å²) in [5.41, 5.74) is 4.65. The van der Waals surface area contributed by atoms with Crippen molar-refractivity contribution in [3.05, 3.63) is 65.5 Å². The van der Waals surface area contributed by atoms with E-state index < -0.39 is 11.7 Å². The SMILES string of the molecule is CC(=NNC(=O)c1cccc(F)c1)c1cccc(NC(=O)C2CC2)c1. The summed E-state index contributed by atoms with van der Waals surface area (Å²) in [6.07, 6.45) is 1.89. The first-order chi connectivity index (χ1) is 12.0. The van der Waals surface area contributed by atoms with E-state index in [1.807, 2.05) is 18.2 Å². The Hall–Kier alpha value is -3.02. The molecule has 2 amide bonds. The first kappa shape index (κ1) is 16.8. The Balaban J connectivity index is 1.67. The second-order valence-electron chi connectivity index (χ2n) is 5.99. The number of anilines is 1. The molecule has 1 aliphatic carbocycles. The molecular weight excluding hydrogens is 321 g/mol. The molecule has 0 bridgehead atoms. The third-order valence-corrected chi connectivity index (χ3v) is 3.91. The van der Waals surface area contributed by atoms with E-state index in [4.69, 9.17) is 0 Å². The van der Waals surface area contributed by atoms with Gasteiger partial charge >= 0.3 is 0 Å². The van der Waals surface area contributed by atoms with Crippen molar-refractivity contribution in [2.45, 2.75) is 19.8 Å². The molecule has 2 aromatic rings. The van der Waals surface area contributed by atoms with E-state index in [2.05, 4.69) is 15.8 Å². The van der Waals surface area contributed by atoms with Gasteiger partial charge in [-0.3, -0.25) is 9.59 Å². The van der Waals surface area contributed by atoms with Crippen molar-refractivity contribution in [1.82, 2.24) is 5.43 Å². The van der Waals surface area contributed by atoms with Crippen molar-refractivity contribution < 1.29 is 14.0 Å². The molecule has 0 radical (unpaired) electrons. The van der Waals surface area contributed by atoms with Crippen LogP contribution in [0.2, 0.25) is 0 Å². The normalized spacial score (nSPS) is 14.1. The van der Waals surface area contributed by atoms with Crippen molar-refractivity contribution in [1.29, 1.82) is 0 Å². The molecule has 0 unspecified atom stereocenters. The maximum atomic E-state index is 13.2. The quantitative estimate of drug-likeness (QED) is 0.648. The monoisotopic (exact) mass is 339 g/mol. The van der Waals surface area contributed by atoms with Crippen molar-refractivity contribution in [3.8, 4) is 0 Å². The van der Waals surface area contributed by atoms with Gasteiger partial charge in [-0.2, -0.15) is 5.10 Å². The van der Waals surface area contributed by atoms with Crippen LogP contribution >= 0.6 is 0 Å². The number of hydrogen-bond acceptors (Lipinski definition) is 3. The zero-order valence-corrected chi connectivity index (χ0v) is 13.8. The number of halogens is 1. The van der Waals surface area contributed by atoms with E-state index in [1.165, 1.54) is 18.2 Å². The van der Waals surface area contributed by atoms with Crippen LogP contribution in [0.25, 0.3) is 0 Å². The van der Waals surface area contributed by atoms with Crippen molar-refractivity contribution >= 4 is 23.2 Å². The Kier molecular flexibility index (Phi) is 4.88. The Bertz CT molecular complexity index is 844. The van der Waals surface area contributed by atoms with Gasteiger partial charge in [-0.15, -0.1) is 0 Å². The van der Waals surface area contributed by atoms with Gasteiger partial charge in [0.2, 0.25) is 5.91 Å². The molecule has 1 saturated carbocycles. The fourth-order valence-electron chi connectivity index (χ4n) is 2.31. The lowest BCUT2D eigenvalue weighted by Crippen LogP contribution is -2.19. The molecule has 25 heavy (non-hydrogen) atoms. The molecule has 1 fully saturated rings. The number of hydrazone groups is 1. The lowest BCUT2D eigenvalue weighted by atomic mass is 10.1. The molecular formula is C19H18FN3O2. The summed E-state index contributed by atoms with van der Waals surface area (Å²) in [4.78, 5) is 23.8. The summed E-state index contributed by atoms with van der Waals surface area (Å²) in [5, 5.41) is 6.92. The fraction of sp³-hybridized carbons (Fsp3) is 0.211. The van der Waals surface area contributed by atoms with Gasteiger partial charge in [0.25, 0.3) is 5.91 Å². The predicted octanol–water partition coefficient (Wildman–Crippen LogP) is 3.33. The third-order valence-electron chi connectivity index (χ3n) is 3.91. The number of hydrogen-bond donors (Lipinski definition) is 2. The molecule has 0 aromatic heterocycles. The van der Waals surface area contributed by atoms with Crippen LogP contribution in [0.4, 0.5) is 10.1 Å². The molecule has 128 valence electrons. The number of benzene rings is 2. The van der Waals surface area contributed by atoms with E-state index in [9.17, 15) is 14.0 Å². The van der Waals surface area contributed by atoms with Gasteiger partial charge in [0.05, 0.1) is 5.71 Å². The van der Waals surface area contributed by atoms with Crippen LogP contribution in [-0.4, -0.2) is 17.5 Å². The van der Waals surface area contributed by atoms with Crippen molar-refractivity contribution in [3.63, 3.8) is 0 Å². The average molecular weight is 339 g/mol. The number of nitrogens with one attached hydrogen (secondary N) is 2. The maximum Gasteiger partial charge on any atom is 0.271 e. The molecule has 0 atom stereocenters.